The van der Waals surface area contributed by atoms with Crippen LogP contribution in [0.15, 0.2) is 27.5 Å². The van der Waals surface area contributed by atoms with Gasteiger partial charge in [-0.15, -0.1) is 0 Å². The molecular weight excluding hydrogens is 382 g/mol. The molecule has 0 spiro atoms. The lowest BCUT2D eigenvalue weighted by molar-refractivity contribution is -0.131. The summed E-state index contributed by atoms with van der Waals surface area (Å²) in [6.45, 7) is 11.0. The molecule has 0 atom stereocenters. The Morgan fingerprint density at radius 2 is 1.83 bits per heavy atom. The molecular formula is C22H27N5O3. The number of aryl methyl sites for hydroxylation is 5. The number of nitrogens with zero attached hydrogens (tertiary/aromatic N) is 5. The molecule has 0 aliphatic carbocycles. The lowest BCUT2D eigenvalue weighted by Crippen LogP contribution is -2.49. The van der Waals surface area contributed by atoms with E-state index in [1.807, 2.05) is 11.8 Å². The number of fused-ring (bicyclic) bond motifs is 1. The summed E-state index contributed by atoms with van der Waals surface area (Å²) in [7, 11) is 0. The van der Waals surface area contributed by atoms with E-state index >= 15 is 0 Å². The Labute approximate surface area is 175 Å². The minimum atomic E-state index is -0.319. The molecule has 8 heteroatoms. The van der Waals surface area contributed by atoms with Gasteiger partial charge in [0.25, 0.3) is 5.56 Å². The molecule has 8 nitrogen and oxygen atoms in total. The van der Waals surface area contributed by atoms with E-state index in [0.29, 0.717) is 29.9 Å². The fourth-order valence-corrected chi connectivity index (χ4v) is 4.11. The van der Waals surface area contributed by atoms with Gasteiger partial charge < -0.3 is 14.3 Å². The number of benzene rings is 1. The average Bonchev–Trinajstić information content (AvgIpc) is 3.13. The van der Waals surface area contributed by atoms with Crippen LogP contribution < -0.4 is 10.5 Å². The number of carbonyl (C=O) groups excluding carboxylic acids is 1. The highest BCUT2D eigenvalue weighted by Gasteiger charge is 2.23. The van der Waals surface area contributed by atoms with E-state index < -0.39 is 0 Å². The van der Waals surface area contributed by atoms with Crippen molar-refractivity contribution in [2.45, 2.75) is 40.7 Å². The predicted molar refractivity (Wildman–Crippen MR) is 115 cm³/mol. The summed E-state index contributed by atoms with van der Waals surface area (Å²) < 4.78 is 6.45. The van der Waals surface area contributed by atoms with Gasteiger partial charge in [0.05, 0.1) is 17.6 Å². The number of hydrogen-bond donors (Lipinski definition) is 0. The summed E-state index contributed by atoms with van der Waals surface area (Å²) in [6, 6.07) is 6.46. The average molecular weight is 409 g/mol. The van der Waals surface area contributed by atoms with Gasteiger partial charge in [-0.05, 0) is 44.9 Å². The normalized spacial score (nSPS) is 14.5. The quantitative estimate of drug-likeness (QED) is 0.658. The highest BCUT2D eigenvalue weighted by molar-refractivity contribution is 5.81. The first-order valence-corrected chi connectivity index (χ1v) is 10.3. The Morgan fingerprint density at radius 3 is 2.57 bits per heavy atom. The molecule has 158 valence electrons. The second-order valence-electron chi connectivity index (χ2n) is 7.98. The lowest BCUT2D eigenvalue weighted by atomic mass is 10.1. The van der Waals surface area contributed by atoms with E-state index in [9.17, 15) is 9.59 Å². The van der Waals surface area contributed by atoms with Gasteiger partial charge in [0.2, 0.25) is 5.91 Å². The molecule has 0 bridgehead atoms. The Bertz CT molecular complexity index is 1160. The molecule has 1 aliphatic heterocycles. The largest absolute Gasteiger partial charge is 0.368 e. The van der Waals surface area contributed by atoms with Gasteiger partial charge in [-0.1, -0.05) is 17.3 Å². The third-order valence-electron chi connectivity index (χ3n) is 5.81. The lowest BCUT2D eigenvalue weighted by Gasteiger charge is -2.37. The summed E-state index contributed by atoms with van der Waals surface area (Å²) >= 11 is 0. The van der Waals surface area contributed by atoms with E-state index in [2.05, 4.69) is 47.2 Å². The topological polar surface area (TPSA) is 84.5 Å². The van der Waals surface area contributed by atoms with Crippen LogP contribution in [0.5, 0.6) is 0 Å². The summed E-state index contributed by atoms with van der Waals surface area (Å²) in [5, 5.41) is 8.86. The third kappa shape index (κ3) is 3.69. The Morgan fingerprint density at radius 1 is 1.10 bits per heavy atom. The Kier molecular flexibility index (Phi) is 5.32. The summed E-state index contributed by atoms with van der Waals surface area (Å²) in [5.74, 6) is 0.621. The van der Waals surface area contributed by atoms with Crippen LogP contribution in [0.1, 0.15) is 29.0 Å². The maximum atomic E-state index is 12.7. The molecule has 30 heavy (non-hydrogen) atoms. The minimum Gasteiger partial charge on any atom is -0.368 e. The molecule has 2 aromatic heterocycles. The molecule has 1 fully saturated rings. The van der Waals surface area contributed by atoms with Crippen molar-refractivity contribution >= 4 is 22.5 Å². The fraction of sp³-hybridized carbons (Fsp3) is 0.455. The number of anilines is 1. The monoisotopic (exact) mass is 409 g/mol. The van der Waals surface area contributed by atoms with Crippen molar-refractivity contribution < 1.29 is 9.32 Å². The van der Waals surface area contributed by atoms with E-state index in [4.69, 9.17) is 4.52 Å². The van der Waals surface area contributed by atoms with Crippen molar-refractivity contribution in [3.8, 4) is 0 Å². The van der Waals surface area contributed by atoms with Crippen molar-refractivity contribution in [1.82, 2.24) is 19.8 Å². The van der Waals surface area contributed by atoms with Crippen molar-refractivity contribution in [3.05, 3.63) is 51.1 Å². The van der Waals surface area contributed by atoms with Gasteiger partial charge in [0.1, 0.15) is 5.76 Å². The van der Waals surface area contributed by atoms with E-state index in [0.717, 1.165) is 13.1 Å². The van der Waals surface area contributed by atoms with Gasteiger partial charge in [-0.25, -0.2) is 4.68 Å². The molecule has 1 aliphatic rings. The molecule has 1 saturated heterocycles. The van der Waals surface area contributed by atoms with Gasteiger partial charge in [-0.2, -0.15) is 5.10 Å². The van der Waals surface area contributed by atoms with E-state index in [1.54, 1.807) is 6.92 Å². The predicted octanol–water partition coefficient (Wildman–Crippen LogP) is 2.36. The van der Waals surface area contributed by atoms with Crippen molar-refractivity contribution in [1.29, 1.82) is 0 Å². The van der Waals surface area contributed by atoms with Gasteiger partial charge in [0.15, 0.2) is 5.52 Å². The van der Waals surface area contributed by atoms with Crippen LogP contribution in [0.4, 0.5) is 5.69 Å². The zero-order chi connectivity index (χ0) is 21.4. The molecule has 1 aromatic carbocycles. The third-order valence-corrected chi connectivity index (χ3v) is 5.81. The highest BCUT2D eigenvalue weighted by atomic mass is 16.5. The van der Waals surface area contributed by atoms with Crippen LogP contribution in [0.2, 0.25) is 0 Å². The zero-order valence-electron chi connectivity index (χ0n) is 17.9. The van der Waals surface area contributed by atoms with Crippen molar-refractivity contribution in [2.24, 2.45) is 0 Å². The number of aromatic nitrogens is 3. The molecule has 3 aromatic rings. The van der Waals surface area contributed by atoms with Crippen LogP contribution in [-0.2, 0) is 11.3 Å². The summed E-state index contributed by atoms with van der Waals surface area (Å²) in [5.41, 5.74) is 4.36. The first-order valence-electron chi connectivity index (χ1n) is 10.3. The molecule has 1 amide bonds. The number of piperazine rings is 1. The van der Waals surface area contributed by atoms with Gasteiger partial charge in [0, 0.05) is 38.3 Å². The van der Waals surface area contributed by atoms with Crippen LogP contribution in [0.3, 0.4) is 0 Å². The fourth-order valence-electron chi connectivity index (χ4n) is 4.11. The van der Waals surface area contributed by atoms with Crippen LogP contribution in [0, 0.1) is 27.7 Å². The molecule has 3 heterocycles. The SMILES string of the molecule is Cc1ccc(C)c(N2CCN(C(=O)CCn3nc(C)c4c(C)onc4c3=O)CC2)c1. The highest BCUT2D eigenvalue weighted by Crippen LogP contribution is 2.23. The molecule has 4 rings (SSSR count). The second-order valence-corrected chi connectivity index (χ2v) is 7.98. The standard InChI is InChI=1S/C22H27N5O3/c1-14-5-6-15(2)18(13-14)25-9-11-26(12-10-25)19(28)7-8-27-22(29)21-20(16(3)23-27)17(4)30-24-21/h5-6,13H,7-12H2,1-4H3. The number of carbonyl (C=O) groups is 1. The smallest absolute Gasteiger partial charge is 0.296 e. The second kappa shape index (κ2) is 7.93. The minimum absolute atomic E-state index is 0.0402. The van der Waals surface area contributed by atoms with E-state index in [-0.39, 0.29) is 29.9 Å². The van der Waals surface area contributed by atoms with Crippen molar-refractivity contribution in [3.63, 3.8) is 0 Å². The van der Waals surface area contributed by atoms with Crippen molar-refractivity contribution in [2.75, 3.05) is 31.1 Å². The molecule has 0 unspecified atom stereocenters. The Balaban J connectivity index is 1.39. The molecule has 0 N–H and O–H groups in total. The van der Waals surface area contributed by atoms with Gasteiger partial charge in [-0.3, -0.25) is 9.59 Å². The number of amides is 1. The van der Waals surface area contributed by atoms with Crippen LogP contribution >= 0.6 is 0 Å². The van der Waals surface area contributed by atoms with Gasteiger partial charge >= 0.3 is 0 Å². The van der Waals surface area contributed by atoms with Crippen LogP contribution in [-0.4, -0.2) is 51.9 Å². The maximum Gasteiger partial charge on any atom is 0.296 e. The summed E-state index contributed by atoms with van der Waals surface area (Å²) in [6.07, 6.45) is 0.234. The first-order chi connectivity index (χ1) is 14.3. The van der Waals surface area contributed by atoms with E-state index in [1.165, 1.54) is 21.5 Å². The summed E-state index contributed by atoms with van der Waals surface area (Å²) in [4.78, 5) is 29.5. The molecule has 0 radical (unpaired) electrons. The zero-order valence-corrected chi connectivity index (χ0v) is 17.9. The van der Waals surface area contributed by atoms with Crippen LogP contribution in [0.25, 0.3) is 10.9 Å². The molecule has 0 saturated carbocycles. The Hall–Kier alpha value is -3.16. The number of rotatable bonds is 4. The number of hydrogen-bond acceptors (Lipinski definition) is 6. The maximum absolute atomic E-state index is 12.7. The first kappa shape index (κ1) is 20.1.